The van der Waals surface area contributed by atoms with Gasteiger partial charge in [0, 0.05) is 6.20 Å². The first-order valence-corrected chi connectivity index (χ1v) is 8.03. The van der Waals surface area contributed by atoms with Gasteiger partial charge in [-0.05, 0) is 36.8 Å². The van der Waals surface area contributed by atoms with Gasteiger partial charge in [0.15, 0.2) is 6.61 Å². The second-order valence-corrected chi connectivity index (χ2v) is 6.11. The third-order valence-corrected chi connectivity index (χ3v) is 4.06. The average Bonchev–Trinajstić information content (AvgIpc) is 2.55. The standard InChI is InChI=1S/C16H13Cl3N2O3/c1-9(10-2-3-12(17)13(18)6-10)21-15(22)8-24-16(23)11-4-5-20-14(19)7-11/h2-7,9H,8H2,1H3,(H,21,22). The number of aromatic nitrogens is 1. The summed E-state index contributed by atoms with van der Waals surface area (Å²) < 4.78 is 4.94. The van der Waals surface area contributed by atoms with Crippen LogP contribution in [-0.4, -0.2) is 23.5 Å². The summed E-state index contributed by atoms with van der Waals surface area (Å²) >= 11 is 17.5. The van der Waals surface area contributed by atoms with Gasteiger partial charge in [-0.1, -0.05) is 40.9 Å². The van der Waals surface area contributed by atoms with Gasteiger partial charge in [0.25, 0.3) is 5.91 Å². The van der Waals surface area contributed by atoms with E-state index in [1.165, 1.54) is 18.3 Å². The maximum absolute atomic E-state index is 11.9. The van der Waals surface area contributed by atoms with Gasteiger partial charge < -0.3 is 10.1 Å². The molecule has 0 aliphatic heterocycles. The number of ether oxygens (including phenoxy) is 1. The highest BCUT2D eigenvalue weighted by atomic mass is 35.5. The van der Waals surface area contributed by atoms with Crippen LogP contribution in [0.4, 0.5) is 0 Å². The second kappa shape index (κ2) is 8.33. The molecular formula is C16H13Cl3N2O3. The molecule has 0 aliphatic carbocycles. The molecule has 1 atom stereocenters. The van der Waals surface area contributed by atoms with Crippen LogP contribution >= 0.6 is 34.8 Å². The fourth-order valence-corrected chi connectivity index (χ4v) is 2.37. The van der Waals surface area contributed by atoms with Crippen molar-refractivity contribution < 1.29 is 14.3 Å². The third kappa shape index (κ3) is 5.09. The summed E-state index contributed by atoms with van der Waals surface area (Å²) in [5.41, 5.74) is 1.00. The van der Waals surface area contributed by atoms with Gasteiger partial charge in [-0.15, -0.1) is 0 Å². The van der Waals surface area contributed by atoms with Crippen molar-refractivity contribution in [3.05, 3.63) is 62.9 Å². The maximum atomic E-state index is 11.9. The highest BCUT2D eigenvalue weighted by molar-refractivity contribution is 6.42. The molecule has 1 unspecified atom stereocenters. The number of carbonyl (C=O) groups excluding carboxylic acids is 2. The largest absolute Gasteiger partial charge is 0.452 e. The number of nitrogens with zero attached hydrogens (tertiary/aromatic N) is 1. The molecule has 126 valence electrons. The van der Waals surface area contributed by atoms with E-state index in [9.17, 15) is 9.59 Å². The Kier molecular flexibility index (Phi) is 6.43. The maximum Gasteiger partial charge on any atom is 0.338 e. The number of nitrogens with one attached hydrogen (secondary N) is 1. The van der Waals surface area contributed by atoms with Crippen LogP contribution in [0.5, 0.6) is 0 Å². The van der Waals surface area contributed by atoms with Crippen molar-refractivity contribution in [2.24, 2.45) is 0 Å². The first kappa shape index (κ1) is 18.5. The molecule has 5 nitrogen and oxygen atoms in total. The van der Waals surface area contributed by atoms with E-state index >= 15 is 0 Å². The van der Waals surface area contributed by atoms with Gasteiger partial charge in [0.1, 0.15) is 5.15 Å². The van der Waals surface area contributed by atoms with E-state index in [-0.39, 0.29) is 16.8 Å². The molecule has 2 rings (SSSR count). The SMILES string of the molecule is CC(NC(=O)COC(=O)c1ccnc(Cl)c1)c1ccc(Cl)c(Cl)c1. The Labute approximate surface area is 153 Å². The number of amides is 1. The normalized spacial score (nSPS) is 11.7. The van der Waals surface area contributed by atoms with Crippen molar-refractivity contribution in [1.29, 1.82) is 0 Å². The third-order valence-electron chi connectivity index (χ3n) is 3.12. The number of carbonyl (C=O) groups is 2. The molecule has 0 fully saturated rings. The first-order chi connectivity index (χ1) is 11.4. The molecule has 0 aliphatic rings. The summed E-state index contributed by atoms with van der Waals surface area (Å²) in [7, 11) is 0. The molecule has 0 saturated heterocycles. The highest BCUT2D eigenvalue weighted by Gasteiger charge is 2.14. The molecule has 2 aromatic rings. The van der Waals surface area contributed by atoms with Crippen LogP contribution in [0.15, 0.2) is 36.5 Å². The van der Waals surface area contributed by atoms with E-state index in [2.05, 4.69) is 10.3 Å². The molecular weight excluding hydrogens is 375 g/mol. The van der Waals surface area contributed by atoms with Crippen molar-refractivity contribution >= 4 is 46.7 Å². The zero-order valence-electron chi connectivity index (χ0n) is 12.6. The van der Waals surface area contributed by atoms with Gasteiger partial charge in [-0.3, -0.25) is 4.79 Å². The Bertz CT molecular complexity index is 768. The predicted octanol–water partition coefficient (Wildman–Crippen LogP) is 4.08. The second-order valence-electron chi connectivity index (χ2n) is 4.91. The molecule has 1 heterocycles. The van der Waals surface area contributed by atoms with Crippen LogP contribution in [0, 0.1) is 0 Å². The lowest BCUT2D eigenvalue weighted by Gasteiger charge is -2.15. The molecule has 0 spiro atoms. The minimum absolute atomic E-state index is 0.169. The summed E-state index contributed by atoms with van der Waals surface area (Å²) in [5.74, 6) is -1.10. The monoisotopic (exact) mass is 386 g/mol. The molecule has 1 aromatic carbocycles. The molecule has 8 heteroatoms. The van der Waals surface area contributed by atoms with Crippen LogP contribution in [0.25, 0.3) is 0 Å². The fourth-order valence-electron chi connectivity index (χ4n) is 1.89. The fraction of sp³-hybridized carbons (Fsp3) is 0.188. The Morgan fingerprint density at radius 3 is 2.58 bits per heavy atom. The molecule has 0 radical (unpaired) electrons. The lowest BCUT2D eigenvalue weighted by Crippen LogP contribution is -2.31. The molecule has 1 N–H and O–H groups in total. The molecule has 1 amide bonds. The van der Waals surface area contributed by atoms with Gasteiger partial charge in [0.2, 0.25) is 0 Å². The van der Waals surface area contributed by atoms with Gasteiger partial charge in [-0.25, -0.2) is 9.78 Å². The number of rotatable bonds is 5. The number of halogens is 3. The zero-order valence-corrected chi connectivity index (χ0v) is 14.8. The number of hydrogen-bond donors (Lipinski definition) is 1. The van der Waals surface area contributed by atoms with Crippen LogP contribution in [-0.2, 0) is 9.53 Å². The zero-order chi connectivity index (χ0) is 17.7. The average molecular weight is 388 g/mol. The van der Waals surface area contributed by atoms with Crippen molar-refractivity contribution in [2.45, 2.75) is 13.0 Å². The molecule has 24 heavy (non-hydrogen) atoms. The Hall–Kier alpha value is -1.82. The number of hydrogen-bond acceptors (Lipinski definition) is 4. The van der Waals surface area contributed by atoms with Gasteiger partial charge in [0.05, 0.1) is 21.7 Å². The molecule has 1 aromatic heterocycles. The first-order valence-electron chi connectivity index (χ1n) is 6.90. The topological polar surface area (TPSA) is 68.3 Å². The van der Waals surface area contributed by atoms with E-state index in [4.69, 9.17) is 39.5 Å². The van der Waals surface area contributed by atoms with Gasteiger partial charge in [-0.2, -0.15) is 0 Å². The minimum Gasteiger partial charge on any atom is -0.452 e. The number of esters is 1. The van der Waals surface area contributed by atoms with Crippen molar-refractivity contribution in [3.63, 3.8) is 0 Å². The summed E-state index contributed by atoms with van der Waals surface area (Å²) in [6.45, 7) is 1.37. The van der Waals surface area contributed by atoms with Crippen LogP contribution in [0.1, 0.15) is 28.9 Å². The highest BCUT2D eigenvalue weighted by Crippen LogP contribution is 2.25. The number of pyridine rings is 1. The Morgan fingerprint density at radius 2 is 1.92 bits per heavy atom. The number of benzene rings is 1. The lowest BCUT2D eigenvalue weighted by molar-refractivity contribution is -0.124. The van der Waals surface area contributed by atoms with Crippen molar-refractivity contribution in [2.75, 3.05) is 6.61 Å². The van der Waals surface area contributed by atoms with E-state index < -0.39 is 18.5 Å². The summed E-state index contributed by atoms with van der Waals surface area (Å²) in [4.78, 5) is 27.5. The van der Waals surface area contributed by atoms with E-state index in [1.807, 2.05) is 0 Å². The van der Waals surface area contributed by atoms with E-state index in [0.717, 1.165) is 5.56 Å². The van der Waals surface area contributed by atoms with E-state index in [1.54, 1.807) is 25.1 Å². The lowest BCUT2D eigenvalue weighted by atomic mass is 10.1. The summed E-state index contributed by atoms with van der Waals surface area (Å²) in [5, 5.41) is 3.71. The predicted molar refractivity (Wildman–Crippen MR) is 92.5 cm³/mol. The summed E-state index contributed by atoms with van der Waals surface area (Å²) in [6, 6.07) is 7.56. The van der Waals surface area contributed by atoms with Crippen LogP contribution < -0.4 is 5.32 Å². The summed E-state index contributed by atoms with van der Waals surface area (Å²) in [6.07, 6.45) is 1.38. The van der Waals surface area contributed by atoms with Crippen LogP contribution in [0.3, 0.4) is 0 Å². The Morgan fingerprint density at radius 1 is 1.17 bits per heavy atom. The van der Waals surface area contributed by atoms with Gasteiger partial charge >= 0.3 is 5.97 Å². The van der Waals surface area contributed by atoms with Crippen molar-refractivity contribution in [1.82, 2.24) is 10.3 Å². The van der Waals surface area contributed by atoms with Crippen LogP contribution in [0.2, 0.25) is 15.2 Å². The molecule has 0 saturated carbocycles. The van der Waals surface area contributed by atoms with Crippen molar-refractivity contribution in [3.8, 4) is 0 Å². The minimum atomic E-state index is -0.656. The quantitative estimate of drug-likeness (QED) is 0.620. The van der Waals surface area contributed by atoms with E-state index in [0.29, 0.717) is 10.0 Å². The Balaban J connectivity index is 1.88. The smallest absolute Gasteiger partial charge is 0.338 e. The molecule has 0 bridgehead atoms.